The second-order valence-corrected chi connectivity index (χ2v) is 6.95. The van der Waals surface area contributed by atoms with E-state index in [2.05, 4.69) is 15.4 Å². The number of hydrogen-bond acceptors (Lipinski definition) is 4. The van der Waals surface area contributed by atoms with E-state index in [0.29, 0.717) is 18.0 Å². The molecule has 2 aromatic carbocycles. The Labute approximate surface area is 175 Å². The molecule has 0 aliphatic rings. The topological polar surface area (TPSA) is 69.0 Å². The van der Waals surface area contributed by atoms with Crippen molar-refractivity contribution in [3.8, 4) is 23.1 Å². The van der Waals surface area contributed by atoms with E-state index in [1.165, 1.54) is 16.8 Å². The third-order valence-corrected chi connectivity index (χ3v) is 4.25. The molecule has 0 bridgehead atoms. The maximum absolute atomic E-state index is 13.1. The van der Waals surface area contributed by atoms with Crippen LogP contribution in [0.1, 0.15) is 19.4 Å². The number of benzene rings is 2. The highest BCUT2D eigenvalue weighted by molar-refractivity contribution is 6.32. The fraction of sp³-hybridized carbons (Fsp3) is 0.250. The highest BCUT2D eigenvalue weighted by atomic mass is 35.5. The Morgan fingerprint density at radius 2 is 1.93 bits per heavy atom. The van der Waals surface area contributed by atoms with Crippen LogP contribution in [0.2, 0.25) is 0 Å². The summed E-state index contributed by atoms with van der Waals surface area (Å²) >= 11 is 5.74. The minimum Gasteiger partial charge on any atom is -0.463 e. The van der Waals surface area contributed by atoms with Gasteiger partial charge in [-0.2, -0.15) is 18.2 Å². The van der Waals surface area contributed by atoms with E-state index in [9.17, 15) is 18.0 Å². The van der Waals surface area contributed by atoms with E-state index in [4.69, 9.17) is 16.3 Å². The molecule has 1 amide bonds. The molecule has 0 radical (unpaired) electrons. The normalized spacial score (nSPS) is 12.5. The van der Waals surface area contributed by atoms with Gasteiger partial charge >= 0.3 is 12.2 Å². The van der Waals surface area contributed by atoms with Crippen LogP contribution in [0.25, 0.3) is 17.1 Å². The lowest BCUT2D eigenvalue weighted by atomic mass is 10.1. The van der Waals surface area contributed by atoms with Crippen LogP contribution in [0, 0.1) is 0 Å². The number of aromatic nitrogens is 3. The quantitative estimate of drug-likeness (QED) is 0.555. The minimum absolute atomic E-state index is 0.0401. The molecule has 0 saturated heterocycles. The van der Waals surface area contributed by atoms with Gasteiger partial charge in [-0.1, -0.05) is 12.1 Å². The molecule has 10 heteroatoms. The standard InChI is InChI=1S/C20H18ClF3N4O2/c1-3-30-19-26-17(13-5-4-6-14(11-13)20(22,23)24)28(27-19)16-9-7-15(8-10-16)25-18(29)12(2)21/h4-12H,3H2,1-2H3,(H,25,29). The lowest BCUT2D eigenvalue weighted by Gasteiger charge is -2.10. The molecule has 0 fully saturated rings. The summed E-state index contributed by atoms with van der Waals surface area (Å²) in [5.41, 5.74) is 0.484. The van der Waals surface area contributed by atoms with E-state index in [0.717, 1.165) is 12.1 Å². The Morgan fingerprint density at radius 3 is 2.53 bits per heavy atom. The van der Waals surface area contributed by atoms with Gasteiger partial charge < -0.3 is 10.1 Å². The van der Waals surface area contributed by atoms with Gasteiger partial charge in [0.15, 0.2) is 5.82 Å². The highest BCUT2D eigenvalue weighted by Gasteiger charge is 2.31. The van der Waals surface area contributed by atoms with Crippen molar-refractivity contribution < 1.29 is 22.7 Å². The zero-order valence-electron chi connectivity index (χ0n) is 16.1. The van der Waals surface area contributed by atoms with Crippen LogP contribution in [-0.2, 0) is 11.0 Å². The Balaban J connectivity index is 2.00. The van der Waals surface area contributed by atoms with Gasteiger partial charge in [0.25, 0.3) is 0 Å². The molecule has 1 N–H and O–H groups in total. The SMILES string of the molecule is CCOc1nc(-c2cccc(C(F)(F)F)c2)n(-c2ccc(NC(=O)C(C)Cl)cc2)n1. The molecule has 0 saturated carbocycles. The van der Waals surface area contributed by atoms with Gasteiger partial charge in [-0.15, -0.1) is 16.7 Å². The summed E-state index contributed by atoms with van der Waals surface area (Å²) in [4.78, 5) is 16.0. The molecule has 0 aliphatic heterocycles. The average Bonchev–Trinajstić information content (AvgIpc) is 3.12. The van der Waals surface area contributed by atoms with E-state index >= 15 is 0 Å². The van der Waals surface area contributed by atoms with Gasteiger partial charge in [-0.25, -0.2) is 4.68 Å². The van der Waals surface area contributed by atoms with Gasteiger partial charge in [-0.05, 0) is 50.2 Å². The maximum atomic E-state index is 13.1. The number of nitrogens with one attached hydrogen (secondary N) is 1. The van der Waals surface area contributed by atoms with Gasteiger partial charge in [0.1, 0.15) is 5.38 Å². The van der Waals surface area contributed by atoms with Crippen molar-refractivity contribution in [2.75, 3.05) is 11.9 Å². The summed E-state index contributed by atoms with van der Waals surface area (Å²) in [6.07, 6.45) is -4.48. The fourth-order valence-corrected chi connectivity index (χ4v) is 2.67. The lowest BCUT2D eigenvalue weighted by molar-refractivity contribution is -0.137. The van der Waals surface area contributed by atoms with Crippen molar-refractivity contribution in [2.45, 2.75) is 25.4 Å². The number of amides is 1. The van der Waals surface area contributed by atoms with Crippen molar-refractivity contribution in [3.05, 3.63) is 54.1 Å². The van der Waals surface area contributed by atoms with Crippen molar-refractivity contribution in [2.24, 2.45) is 0 Å². The third kappa shape index (κ3) is 4.91. The molecule has 30 heavy (non-hydrogen) atoms. The Morgan fingerprint density at radius 1 is 1.23 bits per heavy atom. The van der Waals surface area contributed by atoms with Crippen LogP contribution in [0.15, 0.2) is 48.5 Å². The van der Waals surface area contributed by atoms with E-state index in [1.807, 2.05) is 0 Å². The smallest absolute Gasteiger partial charge is 0.416 e. The van der Waals surface area contributed by atoms with Crippen LogP contribution in [-0.4, -0.2) is 32.7 Å². The zero-order chi connectivity index (χ0) is 21.9. The molecule has 0 aliphatic carbocycles. The number of nitrogens with zero attached hydrogens (tertiary/aromatic N) is 3. The van der Waals surface area contributed by atoms with E-state index in [-0.39, 0.29) is 23.3 Å². The number of alkyl halides is 4. The second-order valence-electron chi connectivity index (χ2n) is 6.29. The first-order valence-electron chi connectivity index (χ1n) is 9.02. The van der Waals surface area contributed by atoms with Crippen molar-refractivity contribution in [3.63, 3.8) is 0 Å². The number of halogens is 4. The minimum atomic E-state index is -4.48. The van der Waals surface area contributed by atoms with E-state index in [1.54, 1.807) is 38.1 Å². The number of ether oxygens (including phenoxy) is 1. The molecular formula is C20H18ClF3N4O2. The summed E-state index contributed by atoms with van der Waals surface area (Å²) in [6, 6.07) is 11.4. The first kappa shape index (κ1) is 21.6. The predicted octanol–water partition coefficient (Wildman–Crippen LogP) is 4.92. The Bertz CT molecular complexity index is 1030. The summed E-state index contributed by atoms with van der Waals surface area (Å²) in [6.45, 7) is 3.60. The van der Waals surface area contributed by atoms with Gasteiger partial charge in [0.05, 0.1) is 17.9 Å². The first-order valence-corrected chi connectivity index (χ1v) is 9.45. The number of rotatable bonds is 6. The third-order valence-electron chi connectivity index (χ3n) is 4.05. The summed E-state index contributed by atoms with van der Waals surface area (Å²) in [5.74, 6) is -0.163. The van der Waals surface area contributed by atoms with Crippen LogP contribution < -0.4 is 10.1 Å². The molecule has 1 atom stereocenters. The number of carbonyl (C=O) groups is 1. The zero-order valence-corrected chi connectivity index (χ0v) is 16.8. The van der Waals surface area contributed by atoms with Crippen molar-refractivity contribution >= 4 is 23.2 Å². The van der Waals surface area contributed by atoms with Gasteiger partial charge in [-0.3, -0.25) is 4.79 Å². The number of hydrogen-bond donors (Lipinski definition) is 1. The van der Waals surface area contributed by atoms with Crippen molar-refractivity contribution in [1.82, 2.24) is 14.8 Å². The van der Waals surface area contributed by atoms with Crippen LogP contribution in [0.3, 0.4) is 0 Å². The summed E-state index contributed by atoms with van der Waals surface area (Å²) < 4.78 is 46.1. The molecule has 1 unspecified atom stereocenters. The van der Waals surface area contributed by atoms with Crippen molar-refractivity contribution in [1.29, 1.82) is 0 Å². The molecule has 1 aromatic heterocycles. The predicted molar refractivity (Wildman–Crippen MR) is 107 cm³/mol. The fourth-order valence-electron chi connectivity index (χ4n) is 2.61. The van der Waals surface area contributed by atoms with Crippen LogP contribution >= 0.6 is 11.6 Å². The molecule has 158 valence electrons. The molecule has 3 aromatic rings. The molecule has 0 spiro atoms. The first-order chi connectivity index (χ1) is 14.2. The van der Waals surface area contributed by atoms with E-state index < -0.39 is 17.1 Å². The number of carbonyl (C=O) groups excluding carboxylic acids is 1. The Hall–Kier alpha value is -3.07. The summed E-state index contributed by atoms with van der Waals surface area (Å²) in [5, 5.41) is 6.21. The number of anilines is 1. The molecule has 1 heterocycles. The largest absolute Gasteiger partial charge is 0.463 e. The maximum Gasteiger partial charge on any atom is 0.416 e. The van der Waals surface area contributed by atoms with Crippen LogP contribution in [0.5, 0.6) is 6.01 Å². The highest BCUT2D eigenvalue weighted by Crippen LogP contribution is 2.33. The monoisotopic (exact) mass is 438 g/mol. The molecule has 3 rings (SSSR count). The lowest BCUT2D eigenvalue weighted by Crippen LogP contribution is -2.20. The van der Waals surface area contributed by atoms with Gasteiger partial charge in [0.2, 0.25) is 5.91 Å². The second kappa shape index (κ2) is 8.74. The van der Waals surface area contributed by atoms with Crippen LogP contribution in [0.4, 0.5) is 18.9 Å². The van der Waals surface area contributed by atoms with Gasteiger partial charge in [0, 0.05) is 11.3 Å². The molecular weight excluding hydrogens is 421 g/mol. The average molecular weight is 439 g/mol. The molecule has 6 nitrogen and oxygen atoms in total. The Kier molecular flexibility index (Phi) is 6.31. The summed E-state index contributed by atoms with van der Waals surface area (Å²) in [7, 11) is 0.